The van der Waals surface area contributed by atoms with Gasteiger partial charge in [0, 0.05) is 0 Å². The molecule has 0 nitrogen and oxygen atoms in total. The highest BCUT2D eigenvalue weighted by atomic mass is 19.3. The average molecular weight is 284 g/mol. The second kappa shape index (κ2) is 8.14. The van der Waals surface area contributed by atoms with Gasteiger partial charge < -0.3 is 0 Å². The zero-order chi connectivity index (χ0) is 14.4. The van der Waals surface area contributed by atoms with Crippen molar-refractivity contribution in [2.45, 2.75) is 77.6 Å². The van der Waals surface area contributed by atoms with Crippen LogP contribution >= 0.6 is 0 Å². The van der Waals surface area contributed by atoms with Crippen LogP contribution in [0.15, 0.2) is 12.2 Å². The first-order valence-electron chi connectivity index (χ1n) is 8.70. The smallest absolute Gasteiger partial charge is 0.174 e. The van der Waals surface area contributed by atoms with Crippen LogP contribution in [0.4, 0.5) is 8.78 Å². The van der Waals surface area contributed by atoms with Gasteiger partial charge in [-0.2, -0.15) is 8.78 Å². The molecule has 0 bridgehead atoms. The van der Waals surface area contributed by atoms with E-state index in [2.05, 4.69) is 6.92 Å². The largest absolute Gasteiger partial charge is 0.266 e. The Balaban J connectivity index is 1.68. The van der Waals surface area contributed by atoms with Gasteiger partial charge in [-0.15, -0.1) is 0 Å². The number of halogens is 2. The lowest BCUT2D eigenvalue weighted by atomic mass is 9.68. The van der Waals surface area contributed by atoms with Crippen molar-refractivity contribution in [1.82, 2.24) is 0 Å². The van der Waals surface area contributed by atoms with Crippen LogP contribution in [0.1, 0.15) is 77.6 Å². The highest BCUT2D eigenvalue weighted by molar-refractivity contribution is 4.87. The Labute approximate surface area is 123 Å². The third-order valence-electron chi connectivity index (χ3n) is 5.75. The maximum Gasteiger partial charge on any atom is 0.266 e. The van der Waals surface area contributed by atoms with E-state index in [-0.39, 0.29) is 0 Å². The maximum atomic E-state index is 12.1. The fourth-order valence-electron chi connectivity index (χ4n) is 4.51. The van der Waals surface area contributed by atoms with Gasteiger partial charge in [-0.25, -0.2) is 0 Å². The molecule has 116 valence electrons. The van der Waals surface area contributed by atoms with Crippen LogP contribution in [0.5, 0.6) is 0 Å². The summed E-state index contributed by atoms with van der Waals surface area (Å²) >= 11 is 0. The summed E-state index contributed by atoms with van der Waals surface area (Å²) in [7, 11) is 0. The van der Waals surface area contributed by atoms with Crippen molar-refractivity contribution in [1.29, 1.82) is 0 Å². The molecule has 0 aliphatic heterocycles. The van der Waals surface area contributed by atoms with E-state index in [1.54, 1.807) is 0 Å². The molecule has 0 radical (unpaired) electrons. The monoisotopic (exact) mass is 284 g/mol. The normalized spacial score (nSPS) is 34.8. The molecule has 2 heteroatoms. The van der Waals surface area contributed by atoms with E-state index in [0.29, 0.717) is 12.3 Å². The summed E-state index contributed by atoms with van der Waals surface area (Å²) in [5, 5.41) is 0. The van der Waals surface area contributed by atoms with Crippen LogP contribution in [0.3, 0.4) is 0 Å². The molecule has 2 saturated carbocycles. The van der Waals surface area contributed by atoms with Crippen LogP contribution in [-0.4, -0.2) is 0 Å². The predicted octanol–water partition coefficient (Wildman–Crippen LogP) is 6.57. The summed E-state index contributed by atoms with van der Waals surface area (Å²) in [6.07, 6.45) is 13.6. The van der Waals surface area contributed by atoms with Crippen molar-refractivity contribution in [3.8, 4) is 0 Å². The topological polar surface area (TPSA) is 0 Å². The molecular weight excluding hydrogens is 254 g/mol. The Kier molecular flexibility index (Phi) is 6.51. The molecule has 2 rings (SSSR count). The number of rotatable bonds is 5. The number of hydrogen-bond donors (Lipinski definition) is 0. The van der Waals surface area contributed by atoms with Gasteiger partial charge in [0.2, 0.25) is 0 Å². The summed E-state index contributed by atoms with van der Waals surface area (Å²) in [5.74, 6) is 3.35. The molecule has 0 atom stereocenters. The SMILES string of the molecule is CCC[C@H]1CC[C@H](C2CCC(CC=C(F)F)CC2)CC1. The molecule has 2 aliphatic rings. The number of hydrogen-bond acceptors (Lipinski definition) is 0. The van der Waals surface area contributed by atoms with Gasteiger partial charge in [-0.05, 0) is 74.7 Å². The van der Waals surface area contributed by atoms with Gasteiger partial charge in [0.1, 0.15) is 0 Å². The zero-order valence-electron chi connectivity index (χ0n) is 12.9. The zero-order valence-corrected chi connectivity index (χ0v) is 12.9. The summed E-state index contributed by atoms with van der Waals surface area (Å²) in [4.78, 5) is 0. The fourth-order valence-corrected chi connectivity index (χ4v) is 4.51. The third-order valence-corrected chi connectivity index (χ3v) is 5.75. The van der Waals surface area contributed by atoms with E-state index in [9.17, 15) is 8.78 Å². The Morgan fingerprint density at radius 3 is 1.80 bits per heavy atom. The molecular formula is C18H30F2. The molecule has 0 aromatic rings. The third kappa shape index (κ3) is 4.86. The molecule has 0 amide bonds. The van der Waals surface area contributed by atoms with E-state index in [4.69, 9.17) is 0 Å². The second-order valence-corrected chi connectivity index (χ2v) is 7.08. The van der Waals surface area contributed by atoms with E-state index < -0.39 is 6.08 Å². The van der Waals surface area contributed by atoms with E-state index >= 15 is 0 Å². The quantitative estimate of drug-likeness (QED) is 0.535. The van der Waals surface area contributed by atoms with E-state index in [1.165, 1.54) is 64.2 Å². The molecule has 0 heterocycles. The highest BCUT2D eigenvalue weighted by Gasteiger charge is 2.30. The molecule has 2 fully saturated rings. The van der Waals surface area contributed by atoms with Crippen molar-refractivity contribution in [2.75, 3.05) is 0 Å². The maximum absolute atomic E-state index is 12.1. The molecule has 0 aromatic carbocycles. The summed E-state index contributed by atoms with van der Waals surface area (Å²) in [5.41, 5.74) is 0. The van der Waals surface area contributed by atoms with Crippen LogP contribution in [0.25, 0.3) is 0 Å². The Morgan fingerprint density at radius 1 is 0.850 bits per heavy atom. The van der Waals surface area contributed by atoms with E-state index in [1.807, 2.05) is 0 Å². The first-order chi connectivity index (χ1) is 9.69. The molecule has 2 aliphatic carbocycles. The minimum absolute atomic E-state index is 0.518. The predicted molar refractivity (Wildman–Crippen MR) is 80.7 cm³/mol. The van der Waals surface area contributed by atoms with Gasteiger partial charge in [-0.3, -0.25) is 0 Å². The molecule has 0 N–H and O–H groups in total. The van der Waals surface area contributed by atoms with Crippen molar-refractivity contribution in [3.05, 3.63) is 12.2 Å². The molecule has 0 saturated heterocycles. The lowest BCUT2D eigenvalue weighted by Gasteiger charge is -2.37. The van der Waals surface area contributed by atoms with Crippen molar-refractivity contribution >= 4 is 0 Å². The van der Waals surface area contributed by atoms with Crippen molar-refractivity contribution in [3.63, 3.8) is 0 Å². The number of allylic oxidation sites excluding steroid dienone is 1. The van der Waals surface area contributed by atoms with Crippen LogP contribution in [-0.2, 0) is 0 Å². The molecule has 0 unspecified atom stereocenters. The Morgan fingerprint density at radius 2 is 1.35 bits per heavy atom. The van der Waals surface area contributed by atoms with Gasteiger partial charge in [0.15, 0.2) is 0 Å². The van der Waals surface area contributed by atoms with Crippen molar-refractivity contribution in [2.24, 2.45) is 23.7 Å². The van der Waals surface area contributed by atoms with E-state index in [0.717, 1.165) is 23.8 Å². The van der Waals surface area contributed by atoms with Gasteiger partial charge >= 0.3 is 0 Å². The molecule has 0 aromatic heterocycles. The standard InChI is InChI=1S/C18H30F2/c1-2-3-14-4-9-16(10-5-14)17-11-6-15(7-12-17)8-13-18(19)20/h13-17H,2-12H2,1H3/t14-,15?,16-,17?. The van der Waals surface area contributed by atoms with Gasteiger partial charge in [0.05, 0.1) is 0 Å². The lowest BCUT2D eigenvalue weighted by Crippen LogP contribution is -2.25. The Bertz CT molecular complexity index is 291. The summed E-state index contributed by atoms with van der Waals surface area (Å²) < 4.78 is 24.2. The highest BCUT2D eigenvalue weighted by Crippen LogP contribution is 2.42. The first-order valence-corrected chi connectivity index (χ1v) is 8.70. The first kappa shape index (κ1) is 16.0. The minimum Gasteiger partial charge on any atom is -0.174 e. The minimum atomic E-state index is -1.50. The summed E-state index contributed by atoms with van der Waals surface area (Å²) in [6.45, 7) is 2.29. The lowest BCUT2D eigenvalue weighted by molar-refractivity contribution is 0.143. The average Bonchev–Trinajstić information content (AvgIpc) is 2.47. The molecule has 20 heavy (non-hydrogen) atoms. The summed E-state index contributed by atoms with van der Waals surface area (Å²) in [6, 6.07) is 0. The Hall–Kier alpha value is -0.400. The van der Waals surface area contributed by atoms with Crippen LogP contribution in [0, 0.1) is 23.7 Å². The van der Waals surface area contributed by atoms with Gasteiger partial charge in [-0.1, -0.05) is 32.6 Å². The van der Waals surface area contributed by atoms with Crippen LogP contribution in [0.2, 0.25) is 0 Å². The molecule has 0 spiro atoms. The van der Waals surface area contributed by atoms with Crippen molar-refractivity contribution < 1.29 is 8.78 Å². The second-order valence-electron chi connectivity index (χ2n) is 7.08. The van der Waals surface area contributed by atoms with Gasteiger partial charge in [0.25, 0.3) is 6.08 Å². The fraction of sp³-hybridized carbons (Fsp3) is 0.889. The van der Waals surface area contributed by atoms with Crippen LogP contribution < -0.4 is 0 Å².